The number of benzene rings is 2. The molecule has 144 valence electrons. The molecule has 4 nitrogen and oxygen atoms in total. The van der Waals surface area contributed by atoms with Gasteiger partial charge in [0, 0.05) is 36.2 Å². The van der Waals surface area contributed by atoms with Crippen LogP contribution in [0, 0.1) is 11.6 Å². The Balaban J connectivity index is 1.80. The molecule has 0 aliphatic heterocycles. The molecule has 1 heterocycles. The highest BCUT2D eigenvalue weighted by Crippen LogP contribution is 2.20. The van der Waals surface area contributed by atoms with Crippen LogP contribution in [0.1, 0.15) is 29.9 Å². The lowest BCUT2D eigenvalue weighted by Gasteiger charge is -2.26. The third-order valence-electron chi connectivity index (χ3n) is 4.27. The van der Waals surface area contributed by atoms with Gasteiger partial charge < -0.3 is 10.2 Å². The maximum absolute atomic E-state index is 13.4. The van der Waals surface area contributed by atoms with Crippen molar-refractivity contribution < 1.29 is 13.6 Å². The number of rotatable bonds is 6. The zero-order valence-corrected chi connectivity index (χ0v) is 15.7. The fourth-order valence-corrected chi connectivity index (χ4v) is 2.78. The van der Waals surface area contributed by atoms with Gasteiger partial charge >= 0.3 is 0 Å². The van der Waals surface area contributed by atoms with E-state index in [-0.39, 0.29) is 17.6 Å². The lowest BCUT2D eigenvalue weighted by molar-refractivity contribution is 0.0684. The fraction of sp³-hybridized carbons (Fsp3) is 0.182. The van der Waals surface area contributed by atoms with E-state index in [1.54, 1.807) is 17.0 Å². The third-order valence-corrected chi connectivity index (χ3v) is 4.27. The summed E-state index contributed by atoms with van der Waals surface area (Å²) in [4.78, 5) is 18.9. The second-order valence-electron chi connectivity index (χ2n) is 6.70. The summed E-state index contributed by atoms with van der Waals surface area (Å²) in [7, 11) is 0. The van der Waals surface area contributed by atoms with E-state index in [0.717, 1.165) is 17.7 Å². The largest absolute Gasteiger partial charge is 0.355 e. The molecule has 0 aliphatic carbocycles. The number of amides is 1. The molecular weight excluding hydrogens is 360 g/mol. The quantitative estimate of drug-likeness (QED) is 0.642. The number of anilines is 2. The van der Waals surface area contributed by atoms with Crippen LogP contribution in [0.5, 0.6) is 0 Å². The first-order chi connectivity index (χ1) is 13.4. The maximum atomic E-state index is 13.4. The average molecular weight is 381 g/mol. The second kappa shape index (κ2) is 8.61. The van der Waals surface area contributed by atoms with Crippen molar-refractivity contribution in [2.45, 2.75) is 26.4 Å². The first-order valence-corrected chi connectivity index (χ1v) is 8.97. The SMILES string of the molecule is CC(C)N(Cc1ccccc1)C(=O)c1cc(Nc2ccc(F)c(F)c2)ccn1. The molecule has 2 aromatic carbocycles. The lowest BCUT2D eigenvalue weighted by atomic mass is 10.1. The van der Waals surface area contributed by atoms with Gasteiger partial charge in [-0.15, -0.1) is 0 Å². The van der Waals surface area contributed by atoms with Crippen LogP contribution < -0.4 is 5.32 Å². The van der Waals surface area contributed by atoms with Crippen molar-refractivity contribution in [3.05, 3.63) is 89.8 Å². The van der Waals surface area contributed by atoms with Crippen molar-refractivity contribution in [2.24, 2.45) is 0 Å². The van der Waals surface area contributed by atoms with Gasteiger partial charge in [0.25, 0.3) is 5.91 Å². The number of pyridine rings is 1. The minimum absolute atomic E-state index is 0.0164. The smallest absolute Gasteiger partial charge is 0.273 e. The molecule has 0 unspecified atom stereocenters. The molecule has 0 saturated heterocycles. The number of carbonyl (C=O) groups is 1. The monoisotopic (exact) mass is 381 g/mol. The summed E-state index contributed by atoms with van der Waals surface area (Å²) >= 11 is 0. The van der Waals surface area contributed by atoms with E-state index >= 15 is 0 Å². The summed E-state index contributed by atoms with van der Waals surface area (Å²) < 4.78 is 26.5. The van der Waals surface area contributed by atoms with Gasteiger partial charge in [0.2, 0.25) is 0 Å². The van der Waals surface area contributed by atoms with Crippen molar-refractivity contribution in [1.82, 2.24) is 9.88 Å². The summed E-state index contributed by atoms with van der Waals surface area (Å²) in [5, 5.41) is 2.97. The Kier molecular flexibility index (Phi) is 5.99. The van der Waals surface area contributed by atoms with Crippen LogP contribution in [0.3, 0.4) is 0 Å². The van der Waals surface area contributed by atoms with Crippen LogP contribution >= 0.6 is 0 Å². The first kappa shape index (κ1) is 19.5. The summed E-state index contributed by atoms with van der Waals surface area (Å²) in [6, 6.07) is 16.5. The number of aromatic nitrogens is 1. The number of carbonyl (C=O) groups excluding carboxylic acids is 1. The molecule has 1 aromatic heterocycles. The summed E-state index contributed by atoms with van der Waals surface area (Å²) in [5.41, 5.74) is 2.25. The van der Waals surface area contributed by atoms with Crippen molar-refractivity contribution in [2.75, 3.05) is 5.32 Å². The van der Waals surface area contributed by atoms with E-state index in [9.17, 15) is 13.6 Å². The third kappa shape index (κ3) is 4.71. The molecule has 0 fully saturated rings. The standard InChI is InChI=1S/C22H21F2N3O/c1-15(2)27(14-16-6-4-3-5-7-16)22(28)21-13-18(10-11-25-21)26-17-8-9-19(23)20(24)12-17/h3-13,15H,14H2,1-2H3,(H,25,26). The van der Waals surface area contributed by atoms with E-state index in [4.69, 9.17) is 0 Å². The number of hydrogen-bond donors (Lipinski definition) is 1. The van der Waals surface area contributed by atoms with E-state index in [1.165, 1.54) is 12.3 Å². The Morgan fingerprint density at radius 2 is 1.71 bits per heavy atom. The predicted octanol–water partition coefficient (Wildman–Crippen LogP) is 5.15. The van der Waals surface area contributed by atoms with Gasteiger partial charge in [-0.25, -0.2) is 8.78 Å². The van der Waals surface area contributed by atoms with Crippen molar-refractivity contribution in [3.8, 4) is 0 Å². The van der Waals surface area contributed by atoms with Gasteiger partial charge in [0.15, 0.2) is 11.6 Å². The van der Waals surface area contributed by atoms with Crippen molar-refractivity contribution in [3.63, 3.8) is 0 Å². The number of hydrogen-bond acceptors (Lipinski definition) is 3. The molecule has 28 heavy (non-hydrogen) atoms. The molecule has 1 N–H and O–H groups in total. The molecular formula is C22H21F2N3O. The average Bonchev–Trinajstić information content (AvgIpc) is 2.69. The molecule has 3 rings (SSSR count). The minimum Gasteiger partial charge on any atom is -0.355 e. The molecule has 0 saturated carbocycles. The number of nitrogens with zero attached hydrogens (tertiary/aromatic N) is 2. The van der Waals surface area contributed by atoms with Crippen LogP contribution in [-0.2, 0) is 6.54 Å². The highest BCUT2D eigenvalue weighted by molar-refractivity contribution is 5.93. The van der Waals surface area contributed by atoms with Crippen molar-refractivity contribution in [1.29, 1.82) is 0 Å². The van der Waals surface area contributed by atoms with E-state index in [0.29, 0.717) is 17.9 Å². The molecule has 0 bridgehead atoms. The Morgan fingerprint density at radius 1 is 1.00 bits per heavy atom. The summed E-state index contributed by atoms with van der Waals surface area (Å²) in [6.07, 6.45) is 1.51. The van der Waals surface area contributed by atoms with Crippen LogP contribution in [-0.4, -0.2) is 21.8 Å². The van der Waals surface area contributed by atoms with E-state index in [1.807, 2.05) is 44.2 Å². The zero-order chi connectivity index (χ0) is 20.1. The first-order valence-electron chi connectivity index (χ1n) is 8.97. The van der Waals surface area contributed by atoms with Gasteiger partial charge in [-0.1, -0.05) is 30.3 Å². The molecule has 0 radical (unpaired) electrons. The van der Waals surface area contributed by atoms with Gasteiger partial charge in [0.1, 0.15) is 5.69 Å². The topological polar surface area (TPSA) is 45.2 Å². The van der Waals surface area contributed by atoms with Gasteiger partial charge in [-0.05, 0) is 43.7 Å². The highest BCUT2D eigenvalue weighted by Gasteiger charge is 2.20. The molecule has 0 spiro atoms. The van der Waals surface area contributed by atoms with Crippen LogP contribution in [0.25, 0.3) is 0 Å². The zero-order valence-electron chi connectivity index (χ0n) is 15.7. The molecule has 0 aliphatic rings. The Hall–Kier alpha value is -3.28. The highest BCUT2D eigenvalue weighted by atomic mass is 19.2. The van der Waals surface area contributed by atoms with Crippen LogP contribution in [0.4, 0.5) is 20.2 Å². The van der Waals surface area contributed by atoms with Crippen LogP contribution in [0.15, 0.2) is 66.9 Å². The Morgan fingerprint density at radius 3 is 2.39 bits per heavy atom. The fourth-order valence-electron chi connectivity index (χ4n) is 2.78. The van der Waals surface area contributed by atoms with E-state index < -0.39 is 11.6 Å². The molecule has 1 amide bonds. The van der Waals surface area contributed by atoms with Crippen LogP contribution in [0.2, 0.25) is 0 Å². The summed E-state index contributed by atoms with van der Waals surface area (Å²) in [6.45, 7) is 4.37. The van der Waals surface area contributed by atoms with Gasteiger partial charge in [0.05, 0.1) is 0 Å². The van der Waals surface area contributed by atoms with E-state index in [2.05, 4.69) is 10.3 Å². The number of nitrogens with one attached hydrogen (secondary N) is 1. The van der Waals surface area contributed by atoms with Crippen molar-refractivity contribution >= 4 is 17.3 Å². The lowest BCUT2D eigenvalue weighted by Crippen LogP contribution is -2.36. The summed E-state index contributed by atoms with van der Waals surface area (Å²) in [5.74, 6) is -2.05. The van der Waals surface area contributed by atoms with Gasteiger partial charge in [-0.3, -0.25) is 9.78 Å². The normalized spacial score (nSPS) is 10.8. The Bertz CT molecular complexity index is 961. The minimum atomic E-state index is -0.941. The predicted molar refractivity (Wildman–Crippen MR) is 105 cm³/mol. The maximum Gasteiger partial charge on any atom is 0.273 e. The molecule has 3 aromatic rings. The molecule has 0 atom stereocenters. The van der Waals surface area contributed by atoms with Gasteiger partial charge in [-0.2, -0.15) is 0 Å². The molecule has 6 heteroatoms. The number of halogens is 2. The second-order valence-corrected chi connectivity index (χ2v) is 6.70. The Labute approximate surface area is 162 Å².